The number of hydrogen-bond donors (Lipinski definition) is 1. The third kappa shape index (κ3) is 4.94. The first-order valence-electron chi connectivity index (χ1n) is 16.4. The van der Waals surface area contributed by atoms with Gasteiger partial charge in [0.15, 0.2) is 0 Å². The van der Waals surface area contributed by atoms with Crippen LogP contribution in [0.15, 0.2) is 102 Å². The largest absolute Gasteiger partial charge is 0.299 e. The molecule has 3 heteroatoms. The maximum absolute atomic E-state index is 4.21. The van der Waals surface area contributed by atoms with Crippen molar-refractivity contribution in [2.24, 2.45) is 34.5 Å². The number of benzene rings is 1. The van der Waals surface area contributed by atoms with E-state index in [0.29, 0.717) is 47.2 Å². The van der Waals surface area contributed by atoms with Crippen LogP contribution in [0.5, 0.6) is 0 Å². The predicted octanol–water partition coefficient (Wildman–Crippen LogP) is 9.41. The van der Waals surface area contributed by atoms with Crippen LogP contribution >= 0.6 is 0 Å². The van der Waals surface area contributed by atoms with Crippen LogP contribution in [0.4, 0.5) is 0 Å². The summed E-state index contributed by atoms with van der Waals surface area (Å²) in [5, 5.41) is 4.21. The van der Waals surface area contributed by atoms with E-state index in [1.165, 1.54) is 16.7 Å². The van der Waals surface area contributed by atoms with E-state index in [0.717, 1.165) is 0 Å². The molecule has 4 aliphatic carbocycles. The smallest absolute Gasteiger partial charge is 0.129 e. The van der Waals surface area contributed by atoms with E-state index in [-0.39, 0.29) is 16.5 Å². The second-order valence-electron chi connectivity index (χ2n) is 16.7. The molecule has 1 saturated heterocycles. The summed E-state index contributed by atoms with van der Waals surface area (Å²) in [5.41, 5.74) is 5.28. The van der Waals surface area contributed by atoms with Gasteiger partial charge in [0.2, 0.25) is 0 Å². The van der Waals surface area contributed by atoms with Crippen LogP contribution in [0.3, 0.4) is 0 Å². The van der Waals surface area contributed by atoms with Gasteiger partial charge in [-0.15, -0.1) is 0 Å². The van der Waals surface area contributed by atoms with Crippen LogP contribution in [0.1, 0.15) is 66.9 Å². The van der Waals surface area contributed by atoms with Crippen molar-refractivity contribution in [1.82, 2.24) is 9.88 Å². The van der Waals surface area contributed by atoms with Crippen LogP contribution in [-0.4, -0.2) is 30.5 Å². The number of allylic oxidation sites excluding steroid dienone is 10. The van der Waals surface area contributed by atoms with Gasteiger partial charge < -0.3 is 0 Å². The average Bonchev–Trinajstić information content (AvgIpc) is 3.30. The van der Waals surface area contributed by atoms with Gasteiger partial charge >= 0.3 is 0 Å². The first-order chi connectivity index (χ1) is 19.6. The molecule has 0 radical (unpaired) electrons. The van der Waals surface area contributed by atoms with Crippen LogP contribution < -0.4 is 5.32 Å². The topological polar surface area (TPSA) is 15.3 Å². The van der Waals surface area contributed by atoms with Crippen molar-refractivity contribution < 1.29 is 0 Å². The van der Waals surface area contributed by atoms with E-state index in [9.17, 15) is 0 Å². The van der Waals surface area contributed by atoms with Crippen molar-refractivity contribution in [1.29, 1.82) is 0 Å². The van der Waals surface area contributed by atoms with Gasteiger partial charge in [0.05, 0.1) is 5.66 Å². The maximum Gasteiger partial charge on any atom is 0.129 e. The van der Waals surface area contributed by atoms with Crippen molar-refractivity contribution in [3.63, 3.8) is 0 Å². The monoisotopic (exact) mass is 578 g/mol. The van der Waals surface area contributed by atoms with E-state index in [2.05, 4.69) is 169 Å². The molecule has 224 valence electrons. The van der Waals surface area contributed by atoms with Gasteiger partial charge in [-0.3, -0.25) is 9.88 Å². The van der Waals surface area contributed by atoms with Crippen LogP contribution in [0, 0.1) is 34.5 Å². The molecular formula is C39H54N2Si. The summed E-state index contributed by atoms with van der Waals surface area (Å²) < 4.78 is 3.01. The summed E-state index contributed by atoms with van der Waals surface area (Å²) >= 11 is 0. The SMILES string of the molecule is CC(C)(C)C1=CC2C(C=C1)C1C=CC(C(C)(C)C)=CC1C2[Si](C)(C)N1[C@@H]2C=CC=C[C@H](c3ccccc3)C2NC1(C)C. The molecule has 6 rings (SSSR count). The molecule has 2 nitrogen and oxygen atoms in total. The molecule has 0 bridgehead atoms. The Balaban J connectivity index is 1.46. The highest BCUT2D eigenvalue weighted by atomic mass is 28.3. The minimum atomic E-state index is -2.09. The molecule has 5 unspecified atom stereocenters. The Morgan fingerprint density at radius 1 is 0.714 bits per heavy atom. The Hall–Kier alpha value is -2.20. The van der Waals surface area contributed by atoms with Gasteiger partial charge in [0, 0.05) is 18.0 Å². The molecule has 1 aromatic carbocycles. The third-order valence-corrected chi connectivity index (χ3v) is 15.7. The van der Waals surface area contributed by atoms with Gasteiger partial charge in [-0.1, -0.05) is 146 Å². The summed E-state index contributed by atoms with van der Waals surface area (Å²) in [7, 11) is -2.09. The highest BCUT2D eigenvalue weighted by Gasteiger charge is 2.62. The van der Waals surface area contributed by atoms with Gasteiger partial charge in [0.1, 0.15) is 8.24 Å². The summed E-state index contributed by atoms with van der Waals surface area (Å²) in [6.45, 7) is 24.6. The van der Waals surface area contributed by atoms with Crippen molar-refractivity contribution >= 4 is 8.24 Å². The standard InChI is InChI=1S/C39H54N2Si/c1-37(2,3)27-20-22-30-31-23-21-28(38(4,5)6)25-33(31)36(32(30)24-27)42(9,10)41-34-19-15-14-18-29(26-16-12-11-13-17-26)35(34)40-39(41,7)8/h11-25,29-36,40H,1-10H3/t29-,30?,31?,32?,33?,34-,35?,36?/m1/s1. The molecule has 1 heterocycles. The fourth-order valence-electron chi connectivity index (χ4n) is 9.43. The number of fused-ring (bicyclic) bond motifs is 4. The van der Waals surface area contributed by atoms with Crippen LogP contribution in [0.25, 0.3) is 0 Å². The molecule has 1 aliphatic heterocycles. The molecule has 5 aliphatic rings. The molecule has 1 N–H and O–H groups in total. The molecular weight excluding hydrogens is 525 g/mol. The van der Waals surface area contributed by atoms with Crippen LogP contribution in [-0.2, 0) is 0 Å². The highest BCUT2D eigenvalue weighted by Crippen LogP contribution is 2.62. The average molecular weight is 579 g/mol. The summed E-state index contributed by atoms with van der Waals surface area (Å²) in [6, 6.07) is 11.8. The first-order valence-corrected chi connectivity index (χ1v) is 19.4. The number of nitrogens with one attached hydrogen (secondary N) is 1. The van der Waals surface area contributed by atoms with E-state index >= 15 is 0 Å². The summed E-state index contributed by atoms with van der Waals surface area (Å²) in [4.78, 5) is 0. The molecule has 0 aromatic heterocycles. The molecule has 0 spiro atoms. The lowest BCUT2D eigenvalue weighted by Crippen LogP contribution is -2.64. The number of rotatable bonds is 3. The molecule has 1 aromatic rings. The molecule has 2 fully saturated rings. The summed E-state index contributed by atoms with van der Waals surface area (Å²) in [5.74, 6) is 2.62. The van der Waals surface area contributed by atoms with Crippen molar-refractivity contribution in [3.8, 4) is 0 Å². The van der Waals surface area contributed by atoms with E-state index in [1.54, 1.807) is 0 Å². The Kier molecular flexibility index (Phi) is 7.23. The zero-order valence-corrected chi connectivity index (χ0v) is 28.7. The Morgan fingerprint density at radius 3 is 1.76 bits per heavy atom. The molecule has 0 amide bonds. The summed E-state index contributed by atoms with van der Waals surface area (Å²) in [6.07, 6.45) is 25.1. The van der Waals surface area contributed by atoms with Crippen molar-refractivity contribution in [2.75, 3.05) is 0 Å². The lowest BCUT2D eigenvalue weighted by atomic mass is 9.74. The van der Waals surface area contributed by atoms with E-state index in [1.807, 2.05) is 0 Å². The number of hydrogen-bond acceptors (Lipinski definition) is 2. The molecule has 1 saturated carbocycles. The fraction of sp³-hybridized carbons (Fsp3) is 0.538. The Labute approximate surface area is 257 Å². The highest BCUT2D eigenvalue weighted by molar-refractivity contribution is 6.76. The second-order valence-corrected chi connectivity index (χ2v) is 21.2. The predicted molar refractivity (Wildman–Crippen MR) is 183 cm³/mol. The number of nitrogens with zero attached hydrogens (tertiary/aromatic N) is 1. The minimum absolute atomic E-state index is 0.0939. The van der Waals surface area contributed by atoms with Crippen molar-refractivity contribution in [2.45, 2.75) is 97.7 Å². The van der Waals surface area contributed by atoms with Gasteiger partial charge in [-0.25, -0.2) is 0 Å². The van der Waals surface area contributed by atoms with E-state index in [4.69, 9.17) is 0 Å². The fourth-order valence-corrected chi connectivity index (χ4v) is 14.8. The van der Waals surface area contributed by atoms with Crippen LogP contribution in [0.2, 0.25) is 18.6 Å². The first kappa shape index (κ1) is 29.9. The lowest BCUT2D eigenvalue weighted by Gasteiger charge is -2.51. The maximum atomic E-state index is 4.21. The van der Waals surface area contributed by atoms with Gasteiger partial charge in [-0.05, 0) is 70.6 Å². The third-order valence-electron chi connectivity index (χ3n) is 11.2. The Morgan fingerprint density at radius 2 is 1.24 bits per heavy atom. The molecule has 42 heavy (non-hydrogen) atoms. The lowest BCUT2D eigenvalue weighted by molar-refractivity contribution is 0.226. The second kappa shape index (κ2) is 10.2. The van der Waals surface area contributed by atoms with Gasteiger partial charge in [-0.2, -0.15) is 0 Å². The zero-order chi connectivity index (χ0) is 30.2. The normalized spacial score (nSPS) is 35.8. The van der Waals surface area contributed by atoms with Crippen molar-refractivity contribution in [3.05, 3.63) is 108 Å². The van der Waals surface area contributed by atoms with Gasteiger partial charge in [0.25, 0.3) is 0 Å². The van der Waals surface area contributed by atoms with E-state index < -0.39 is 8.24 Å². The minimum Gasteiger partial charge on any atom is -0.299 e. The molecule has 7 atom stereocenters. The zero-order valence-electron chi connectivity index (χ0n) is 27.7. The quantitative estimate of drug-likeness (QED) is 0.359. The Bertz CT molecular complexity index is 1320.